The summed E-state index contributed by atoms with van der Waals surface area (Å²) in [4.78, 5) is 35.9. The van der Waals surface area contributed by atoms with Gasteiger partial charge in [-0.2, -0.15) is 0 Å². The van der Waals surface area contributed by atoms with E-state index in [-0.39, 0.29) is 36.9 Å². The first-order chi connectivity index (χ1) is 10.9. The lowest BCUT2D eigenvalue weighted by Crippen LogP contribution is -2.30. The molecule has 1 atom stereocenters. The third-order valence-corrected chi connectivity index (χ3v) is 3.48. The number of carboxylic acids is 1. The summed E-state index contributed by atoms with van der Waals surface area (Å²) in [7, 11) is 0. The van der Waals surface area contributed by atoms with Gasteiger partial charge in [-0.15, -0.1) is 0 Å². The predicted molar refractivity (Wildman–Crippen MR) is 83.1 cm³/mol. The average molecular weight is 319 g/mol. The number of hydrogen-bond donors (Lipinski definition) is 3. The zero-order valence-electron chi connectivity index (χ0n) is 12.5. The maximum Gasteiger partial charge on any atom is 0.303 e. The highest BCUT2D eigenvalue weighted by Gasteiger charge is 2.14. The van der Waals surface area contributed by atoms with E-state index >= 15 is 0 Å². The molecule has 0 aliphatic heterocycles. The number of aromatic amines is 1. The molecule has 1 unspecified atom stereocenters. The van der Waals surface area contributed by atoms with Gasteiger partial charge in [-0.1, -0.05) is 6.92 Å². The van der Waals surface area contributed by atoms with E-state index in [2.05, 4.69) is 10.3 Å². The van der Waals surface area contributed by atoms with Crippen LogP contribution in [0.15, 0.2) is 24.4 Å². The van der Waals surface area contributed by atoms with Crippen molar-refractivity contribution in [3.63, 3.8) is 0 Å². The van der Waals surface area contributed by atoms with E-state index in [1.54, 1.807) is 19.2 Å². The van der Waals surface area contributed by atoms with Gasteiger partial charge in [0.05, 0.1) is 11.3 Å². The van der Waals surface area contributed by atoms with Gasteiger partial charge in [-0.3, -0.25) is 19.7 Å². The number of carboxylic acid groups (broad SMARTS) is 1. The second-order valence-corrected chi connectivity index (χ2v) is 5.48. The van der Waals surface area contributed by atoms with Crippen molar-refractivity contribution >= 4 is 28.5 Å². The number of fused-ring (bicyclic) bond motifs is 1. The lowest BCUT2D eigenvalue weighted by atomic mass is 10.1. The molecule has 2 rings (SSSR count). The van der Waals surface area contributed by atoms with Crippen LogP contribution in [-0.2, 0) is 16.0 Å². The molecule has 0 aliphatic carbocycles. The van der Waals surface area contributed by atoms with Crippen LogP contribution in [0.25, 0.3) is 10.9 Å². The number of non-ortho nitro benzene ring substituents is 1. The van der Waals surface area contributed by atoms with E-state index in [1.807, 2.05) is 0 Å². The molecule has 1 aromatic heterocycles. The van der Waals surface area contributed by atoms with Gasteiger partial charge in [-0.25, -0.2) is 0 Å². The summed E-state index contributed by atoms with van der Waals surface area (Å²) in [5.74, 6) is -1.33. The first-order valence-electron chi connectivity index (χ1n) is 7.09. The van der Waals surface area contributed by atoms with Gasteiger partial charge in [0.15, 0.2) is 0 Å². The summed E-state index contributed by atoms with van der Waals surface area (Å²) < 4.78 is 0. The molecule has 122 valence electrons. The summed E-state index contributed by atoms with van der Waals surface area (Å²) in [6.45, 7) is 2.01. The van der Waals surface area contributed by atoms with Gasteiger partial charge < -0.3 is 15.4 Å². The van der Waals surface area contributed by atoms with Gasteiger partial charge in [0.2, 0.25) is 5.91 Å². The molecule has 8 nitrogen and oxygen atoms in total. The Morgan fingerprint density at radius 3 is 2.83 bits per heavy atom. The molecule has 23 heavy (non-hydrogen) atoms. The van der Waals surface area contributed by atoms with Crippen LogP contribution in [0, 0.1) is 16.0 Å². The number of nitro groups is 1. The summed E-state index contributed by atoms with van der Waals surface area (Å²) in [5.41, 5.74) is 1.35. The van der Waals surface area contributed by atoms with Crippen LogP contribution < -0.4 is 5.32 Å². The number of rotatable bonds is 7. The Hall–Kier alpha value is -2.90. The molecule has 0 spiro atoms. The van der Waals surface area contributed by atoms with Crippen molar-refractivity contribution in [3.05, 3.63) is 40.1 Å². The Bertz CT molecular complexity index is 753. The fraction of sp³-hybridized carbons (Fsp3) is 0.333. The minimum atomic E-state index is -0.907. The highest BCUT2D eigenvalue weighted by molar-refractivity contribution is 5.90. The number of aliphatic carboxylic acids is 1. The third kappa shape index (κ3) is 4.29. The van der Waals surface area contributed by atoms with E-state index in [1.165, 1.54) is 12.1 Å². The van der Waals surface area contributed by atoms with E-state index in [9.17, 15) is 19.7 Å². The van der Waals surface area contributed by atoms with Crippen LogP contribution in [0.5, 0.6) is 0 Å². The Morgan fingerprint density at radius 1 is 1.43 bits per heavy atom. The van der Waals surface area contributed by atoms with E-state index in [4.69, 9.17) is 5.11 Å². The van der Waals surface area contributed by atoms with Crippen molar-refractivity contribution in [2.24, 2.45) is 5.92 Å². The number of hydrogen-bond acceptors (Lipinski definition) is 4. The zero-order valence-corrected chi connectivity index (χ0v) is 12.5. The van der Waals surface area contributed by atoms with Crippen LogP contribution in [-0.4, -0.2) is 33.4 Å². The lowest BCUT2D eigenvalue weighted by molar-refractivity contribution is -0.384. The Morgan fingerprint density at radius 2 is 2.17 bits per heavy atom. The Balaban J connectivity index is 2.03. The van der Waals surface area contributed by atoms with Crippen molar-refractivity contribution < 1.29 is 19.6 Å². The summed E-state index contributed by atoms with van der Waals surface area (Å²) >= 11 is 0. The Labute approximate surface area is 131 Å². The molecule has 2 aromatic rings. The van der Waals surface area contributed by atoms with Crippen molar-refractivity contribution in [2.75, 3.05) is 6.54 Å². The largest absolute Gasteiger partial charge is 0.481 e. The SMILES string of the molecule is CC(CNC(=O)Cc1c[nH]c2ccc([N+](=O)[O-])cc12)CC(=O)O. The topological polar surface area (TPSA) is 125 Å². The predicted octanol–water partition coefficient (Wildman–Crippen LogP) is 1.85. The number of nitrogens with zero attached hydrogens (tertiary/aromatic N) is 1. The highest BCUT2D eigenvalue weighted by atomic mass is 16.6. The summed E-state index contributed by atoms with van der Waals surface area (Å²) in [6, 6.07) is 4.43. The van der Waals surface area contributed by atoms with Crippen molar-refractivity contribution in [2.45, 2.75) is 19.8 Å². The summed E-state index contributed by atoms with van der Waals surface area (Å²) in [6.07, 6.45) is 1.70. The smallest absolute Gasteiger partial charge is 0.303 e. The van der Waals surface area contributed by atoms with Crippen LogP contribution >= 0.6 is 0 Å². The molecule has 3 N–H and O–H groups in total. The Kier molecular flexibility index (Phi) is 4.95. The van der Waals surface area contributed by atoms with Crippen molar-refractivity contribution in [3.8, 4) is 0 Å². The van der Waals surface area contributed by atoms with Gasteiger partial charge in [0, 0.05) is 42.2 Å². The van der Waals surface area contributed by atoms with Crippen molar-refractivity contribution in [1.29, 1.82) is 0 Å². The third-order valence-electron chi connectivity index (χ3n) is 3.48. The first kappa shape index (κ1) is 16.5. The van der Waals surface area contributed by atoms with E-state index < -0.39 is 10.9 Å². The molecule has 0 saturated carbocycles. The fourth-order valence-corrected chi connectivity index (χ4v) is 2.32. The molecule has 0 fully saturated rings. The molecular formula is C15H17N3O5. The normalized spacial score (nSPS) is 12.0. The fourth-order valence-electron chi connectivity index (χ4n) is 2.32. The number of benzene rings is 1. The quantitative estimate of drug-likeness (QED) is 0.530. The molecule has 1 heterocycles. The molecule has 0 radical (unpaired) electrons. The van der Waals surface area contributed by atoms with E-state index in [0.717, 1.165) is 5.52 Å². The van der Waals surface area contributed by atoms with Gasteiger partial charge in [-0.05, 0) is 17.5 Å². The highest BCUT2D eigenvalue weighted by Crippen LogP contribution is 2.23. The molecule has 0 bridgehead atoms. The standard InChI is InChI=1S/C15H17N3O5/c1-9(4-15(20)21)7-17-14(19)5-10-8-16-13-3-2-11(18(22)23)6-12(10)13/h2-3,6,8-9,16H,4-5,7H2,1H3,(H,17,19)(H,20,21). The number of nitrogens with one attached hydrogen (secondary N) is 2. The first-order valence-corrected chi connectivity index (χ1v) is 7.09. The van der Waals surface area contributed by atoms with Crippen LogP contribution in [0.1, 0.15) is 18.9 Å². The molecule has 8 heteroatoms. The second kappa shape index (κ2) is 6.91. The summed E-state index contributed by atoms with van der Waals surface area (Å²) in [5, 5.41) is 22.8. The van der Waals surface area contributed by atoms with E-state index in [0.29, 0.717) is 10.9 Å². The lowest BCUT2D eigenvalue weighted by Gasteiger charge is -2.10. The number of aromatic nitrogens is 1. The molecule has 1 aromatic carbocycles. The number of amides is 1. The van der Waals surface area contributed by atoms with Gasteiger partial charge in [0.25, 0.3) is 5.69 Å². The van der Waals surface area contributed by atoms with Gasteiger partial charge >= 0.3 is 5.97 Å². The average Bonchev–Trinajstić information content (AvgIpc) is 2.87. The number of carbonyl (C=O) groups is 2. The van der Waals surface area contributed by atoms with Gasteiger partial charge in [0.1, 0.15) is 0 Å². The number of H-pyrrole nitrogens is 1. The number of nitro benzene ring substituents is 1. The monoisotopic (exact) mass is 319 g/mol. The molecular weight excluding hydrogens is 302 g/mol. The number of carbonyl (C=O) groups excluding carboxylic acids is 1. The van der Waals surface area contributed by atoms with Crippen LogP contribution in [0.2, 0.25) is 0 Å². The maximum atomic E-state index is 12.0. The minimum absolute atomic E-state index is 0.0143. The zero-order chi connectivity index (χ0) is 17.0. The van der Waals surface area contributed by atoms with Crippen LogP contribution in [0.3, 0.4) is 0 Å². The maximum absolute atomic E-state index is 12.0. The van der Waals surface area contributed by atoms with Crippen molar-refractivity contribution in [1.82, 2.24) is 10.3 Å². The molecule has 0 saturated heterocycles. The molecule has 0 aliphatic rings. The van der Waals surface area contributed by atoms with Crippen LogP contribution in [0.4, 0.5) is 5.69 Å². The molecule has 1 amide bonds. The second-order valence-electron chi connectivity index (χ2n) is 5.48. The minimum Gasteiger partial charge on any atom is -0.481 e.